The van der Waals surface area contributed by atoms with Crippen LogP contribution >= 0.6 is 0 Å². The third-order valence-electron chi connectivity index (χ3n) is 3.42. The van der Waals surface area contributed by atoms with Crippen molar-refractivity contribution in [1.82, 2.24) is 9.80 Å². The molecule has 0 saturated carbocycles. The van der Waals surface area contributed by atoms with Crippen molar-refractivity contribution in [3.05, 3.63) is 0 Å². The average molecular weight is 357 g/mol. The zero-order valence-electron chi connectivity index (χ0n) is 16.1. The molecule has 1 saturated heterocycles. The number of hydrogen-bond donors (Lipinski definition) is 1. The molecular formula is C17H31N3O5. The Balaban J connectivity index is 2.62. The van der Waals surface area contributed by atoms with E-state index in [4.69, 9.17) is 15.2 Å². The second kappa shape index (κ2) is 7.93. The van der Waals surface area contributed by atoms with E-state index in [0.29, 0.717) is 13.1 Å². The Morgan fingerprint density at radius 2 is 1.68 bits per heavy atom. The van der Waals surface area contributed by atoms with Gasteiger partial charge < -0.3 is 25.0 Å². The maximum Gasteiger partial charge on any atom is 0.410 e. The van der Waals surface area contributed by atoms with Crippen molar-refractivity contribution in [3.63, 3.8) is 0 Å². The largest absolute Gasteiger partial charge is 0.449 e. The molecule has 0 unspecified atom stereocenters. The molecular weight excluding hydrogens is 326 g/mol. The average Bonchev–Trinajstić information content (AvgIpc) is 2.34. The SMILES string of the molecule is CC(C)(C)COC(=O)N(CCC(N)=O)C1CN(C(=O)OC(C)(C)C)C1. The summed E-state index contributed by atoms with van der Waals surface area (Å²) < 4.78 is 10.6. The summed E-state index contributed by atoms with van der Waals surface area (Å²) in [5.41, 5.74) is 4.46. The van der Waals surface area contributed by atoms with Crippen LogP contribution in [-0.2, 0) is 14.3 Å². The van der Waals surface area contributed by atoms with Gasteiger partial charge in [-0.05, 0) is 26.2 Å². The van der Waals surface area contributed by atoms with Crippen molar-refractivity contribution in [2.24, 2.45) is 11.1 Å². The van der Waals surface area contributed by atoms with Crippen LogP contribution in [0.25, 0.3) is 0 Å². The quantitative estimate of drug-likeness (QED) is 0.810. The van der Waals surface area contributed by atoms with E-state index in [0.717, 1.165) is 0 Å². The van der Waals surface area contributed by atoms with Gasteiger partial charge in [0, 0.05) is 26.1 Å². The van der Waals surface area contributed by atoms with E-state index in [2.05, 4.69) is 0 Å². The lowest BCUT2D eigenvalue weighted by atomic mass is 9.99. The fourth-order valence-electron chi connectivity index (χ4n) is 2.14. The van der Waals surface area contributed by atoms with Gasteiger partial charge in [-0.3, -0.25) is 4.79 Å². The smallest absolute Gasteiger partial charge is 0.410 e. The van der Waals surface area contributed by atoms with E-state index in [1.807, 2.05) is 20.8 Å². The molecule has 1 fully saturated rings. The third kappa shape index (κ3) is 7.62. The second-order valence-corrected chi connectivity index (χ2v) is 8.56. The summed E-state index contributed by atoms with van der Waals surface area (Å²) in [6.45, 7) is 12.4. The number of likely N-dealkylation sites (tertiary alicyclic amines) is 1. The number of rotatable bonds is 5. The van der Waals surface area contributed by atoms with Crippen molar-refractivity contribution in [1.29, 1.82) is 0 Å². The Kier molecular flexibility index (Phi) is 6.68. The van der Waals surface area contributed by atoms with E-state index in [1.54, 1.807) is 20.8 Å². The van der Waals surface area contributed by atoms with Crippen LogP contribution in [0.4, 0.5) is 9.59 Å². The molecule has 3 amide bonds. The Hall–Kier alpha value is -1.99. The molecule has 0 spiro atoms. The lowest BCUT2D eigenvalue weighted by Crippen LogP contribution is -2.63. The highest BCUT2D eigenvalue weighted by molar-refractivity contribution is 5.75. The fourth-order valence-corrected chi connectivity index (χ4v) is 2.14. The lowest BCUT2D eigenvalue weighted by molar-refractivity contribution is -0.118. The summed E-state index contributed by atoms with van der Waals surface area (Å²) in [6, 6.07) is -0.209. The minimum atomic E-state index is -0.570. The highest BCUT2D eigenvalue weighted by atomic mass is 16.6. The minimum Gasteiger partial charge on any atom is -0.449 e. The molecule has 0 radical (unpaired) electrons. The van der Waals surface area contributed by atoms with Gasteiger partial charge in [0.2, 0.25) is 5.91 Å². The summed E-state index contributed by atoms with van der Waals surface area (Å²) in [7, 11) is 0. The number of carbonyl (C=O) groups is 3. The summed E-state index contributed by atoms with van der Waals surface area (Å²) in [5.74, 6) is -0.489. The summed E-state index contributed by atoms with van der Waals surface area (Å²) in [4.78, 5) is 38.4. The topological polar surface area (TPSA) is 102 Å². The van der Waals surface area contributed by atoms with Crippen LogP contribution in [0, 0.1) is 5.41 Å². The number of nitrogens with zero attached hydrogens (tertiary/aromatic N) is 2. The number of carbonyl (C=O) groups excluding carboxylic acids is 3. The molecule has 0 aromatic rings. The molecule has 0 atom stereocenters. The highest BCUT2D eigenvalue weighted by Crippen LogP contribution is 2.21. The number of hydrogen-bond acceptors (Lipinski definition) is 5. The first-order valence-corrected chi connectivity index (χ1v) is 8.48. The zero-order chi connectivity index (χ0) is 19.4. The van der Waals surface area contributed by atoms with E-state index in [9.17, 15) is 14.4 Å². The van der Waals surface area contributed by atoms with Gasteiger partial charge in [0.15, 0.2) is 0 Å². The van der Waals surface area contributed by atoms with Gasteiger partial charge in [-0.1, -0.05) is 20.8 Å². The van der Waals surface area contributed by atoms with Crippen molar-refractivity contribution >= 4 is 18.1 Å². The first-order chi connectivity index (χ1) is 11.3. The zero-order valence-corrected chi connectivity index (χ0v) is 16.1. The molecule has 0 aliphatic carbocycles. The molecule has 8 heteroatoms. The lowest BCUT2D eigenvalue weighted by Gasteiger charge is -2.44. The number of nitrogens with two attached hydrogens (primary N) is 1. The minimum absolute atomic E-state index is 0.0492. The summed E-state index contributed by atoms with van der Waals surface area (Å²) in [5, 5.41) is 0. The van der Waals surface area contributed by atoms with Crippen LogP contribution in [0.3, 0.4) is 0 Å². The van der Waals surface area contributed by atoms with Crippen molar-refractivity contribution in [3.8, 4) is 0 Å². The maximum absolute atomic E-state index is 12.4. The Morgan fingerprint density at radius 1 is 1.12 bits per heavy atom. The molecule has 1 aliphatic heterocycles. The normalized spacial score (nSPS) is 15.4. The monoisotopic (exact) mass is 357 g/mol. The van der Waals surface area contributed by atoms with Gasteiger partial charge >= 0.3 is 12.2 Å². The molecule has 1 rings (SSSR count). The van der Waals surface area contributed by atoms with Gasteiger partial charge in [-0.15, -0.1) is 0 Å². The molecule has 0 aromatic heterocycles. The van der Waals surface area contributed by atoms with E-state index >= 15 is 0 Å². The van der Waals surface area contributed by atoms with Crippen molar-refractivity contribution in [2.75, 3.05) is 26.2 Å². The predicted octanol–water partition coefficient (Wildman–Crippen LogP) is 1.97. The van der Waals surface area contributed by atoms with Gasteiger partial charge in [-0.25, -0.2) is 9.59 Å². The first kappa shape index (κ1) is 21.1. The van der Waals surface area contributed by atoms with E-state index < -0.39 is 23.7 Å². The molecule has 8 nitrogen and oxygen atoms in total. The van der Waals surface area contributed by atoms with Gasteiger partial charge in [0.1, 0.15) is 5.60 Å². The first-order valence-electron chi connectivity index (χ1n) is 8.48. The number of ether oxygens (including phenoxy) is 2. The van der Waals surface area contributed by atoms with Crippen LogP contribution in [0.15, 0.2) is 0 Å². The molecule has 0 bridgehead atoms. The van der Waals surface area contributed by atoms with Crippen LogP contribution in [-0.4, -0.2) is 65.8 Å². The predicted molar refractivity (Wildman–Crippen MR) is 92.9 cm³/mol. The second-order valence-electron chi connectivity index (χ2n) is 8.56. The third-order valence-corrected chi connectivity index (χ3v) is 3.42. The Labute approximate surface area is 149 Å². The Morgan fingerprint density at radius 3 is 2.12 bits per heavy atom. The van der Waals surface area contributed by atoms with Crippen molar-refractivity contribution in [2.45, 2.75) is 59.6 Å². The Bertz CT molecular complexity index is 501. The molecule has 2 N–H and O–H groups in total. The van der Waals surface area contributed by atoms with E-state index in [1.165, 1.54) is 9.80 Å². The van der Waals surface area contributed by atoms with Crippen molar-refractivity contribution < 1.29 is 23.9 Å². The molecule has 0 aromatic carbocycles. The summed E-state index contributed by atoms with van der Waals surface area (Å²) in [6.07, 6.45) is -0.861. The fraction of sp³-hybridized carbons (Fsp3) is 0.824. The standard InChI is InChI=1S/C17H31N3O5/c1-16(2,3)11-24-15(23)20(8-7-13(18)21)12-9-19(10-12)14(22)25-17(4,5)6/h12H,7-11H2,1-6H3,(H2,18,21). The maximum atomic E-state index is 12.4. The summed E-state index contributed by atoms with van der Waals surface area (Å²) >= 11 is 0. The van der Waals surface area contributed by atoms with Gasteiger partial charge in [0.25, 0.3) is 0 Å². The van der Waals surface area contributed by atoms with Crippen LogP contribution < -0.4 is 5.73 Å². The van der Waals surface area contributed by atoms with Crippen LogP contribution in [0.5, 0.6) is 0 Å². The van der Waals surface area contributed by atoms with E-state index in [-0.39, 0.29) is 31.0 Å². The molecule has 1 aliphatic rings. The van der Waals surface area contributed by atoms with Crippen LogP contribution in [0.1, 0.15) is 48.0 Å². The number of amides is 3. The molecule has 144 valence electrons. The van der Waals surface area contributed by atoms with Gasteiger partial charge in [-0.2, -0.15) is 0 Å². The molecule has 1 heterocycles. The number of primary amides is 1. The highest BCUT2D eigenvalue weighted by Gasteiger charge is 2.39. The molecule has 25 heavy (non-hydrogen) atoms. The van der Waals surface area contributed by atoms with Crippen LogP contribution in [0.2, 0.25) is 0 Å². The van der Waals surface area contributed by atoms with Gasteiger partial charge in [0.05, 0.1) is 12.6 Å².